The van der Waals surface area contributed by atoms with Crippen LogP contribution in [0.4, 0.5) is 0 Å². The Labute approximate surface area is 252 Å². The normalized spacial score (nSPS) is 11.2. The molecular weight excluding hydrogens is 569 g/mol. The predicted molar refractivity (Wildman–Crippen MR) is 173 cm³/mol. The highest BCUT2D eigenvalue weighted by molar-refractivity contribution is 7.28. The molecule has 5 N–H and O–H groups in total. The van der Waals surface area contributed by atoms with E-state index in [1.165, 1.54) is 10.4 Å². The molecule has 41 heavy (non-hydrogen) atoms. The highest BCUT2D eigenvalue weighted by Gasteiger charge is 2.19. The molecule has 0 aliphatic rings. The standard InChI is InChI=1S/C33H32N2O3S3/c1-20(36)8-9-25-16-29(23-6-2-4-21(14-23)18-34)40-32(25)27-11-12-28(39-27)33-26(10-13-31(37)38)17-30(41-33)24-7-3-5-22(15-24)19-35/h2-7,11-12,14-17H,8-10,13,18-19,34-35H2,1H3,(H,37,38). The van der Waals surface area contributed by atoms with Gasteiger partial charge in [-0.25, -0.2) is 0 Å². The lowest BCUT2D eigenvalue weighted by atomic mass is 10.0. The maximum atomic E-state index is 11.9. The van der Waals surface area contributed by atoms with Crippen molar-refractivity contribution in [3.63, 3.8) is 0 Å². The summed E-state index contributed by atoms with van der Waals surface area (Å²) in [6.45, 7) is 2.59. The quantitative estimate of drug-likeness (QED) is 0.135. The van der Waals surface area contributed by atoms with E-state index >= 15 is 0 Å². The van der Waals surface area contributed by atoms with E-state index in [9.17, 15) is 14.7 Å². The summed E-state index contributed by atoms with van der Waals surface area (Å²) < 4.78 is 0. The van der Waals surface area contributed by atoms with Crippen molar-refractivity contribution in [1.29, 1.82) is 0 Å². The summed E-state index contributed by atoms with van der Waals surface area (Å²) >= 11 is 5.15. The molecule has 8 heteroatoms. The Morgan fingerprint density at radius 2 is 1.15 bits per heavy atom. The highest BCUT2D eigenvalue weighted by atomic mass is 32.1. The van der Waals surface area contributed by atoms with Crippen molar-refractivity contribution in [1.82, 2.24) is 0 Å². The Morgan fingerprint density at radius 3 is 1.59 bits per heavy atom. The largest absolute Gasteiger partial charge is 0.481 e. The first kappa shape index (κ1) is 29.1. The van der Waals surface area contributed by atoms with E-state index in [-0.39, 0.29) is 12.2 Å². The summed E-state index contributed by atoms with van der Waals surface area (Å²) in [5, 5.41) is 9.39. The summed E-state index contributed by atoms with van der Waals surface area (Å²) in [6.07, 6.45) is 1.74. The van der Waals surface area contributed by atoms with E-state index in [1.807, 2.05) is 24.3 Å². The predicted octanol–water partition coefficient (Wildman–Crippen LogP) is 8.00. The second kappa shape index (κ2) is 13.1. The van der Waals surface area contributed by atoms with Gasteiger partial charge in [0.1, 0.15) is 5.78 Å². The molecule has 210 valence electrons. The number of aliphatic carboxylic acids is 1. The number of carbonyl (C=O) groups is 2. The van der Waals surface area contributed by atoms with E-state index in [0.29, 0.717) is 32.4 Å². The van der Waals surface area contributed by atoms with Crippen LogP contribution in [-0.4, -0.2) is 16.9 Å². The SMILES string of the molecule is CC(=O)CCc1cc(-c2cccc(CN)c2)sc1-c1ccc(-c2sc(-c3cccc(CN)c3)cc2CCC(=O)O)s1. The number of carbonyl (C=O) groups excluding carboxylic acids is 1. The molecule has 2 aromatic carbocycles. The summed E-state index contributed by atoms with van der Waals surface area (Å²) in [4.78, 5) is 30.1. The van der Waals surface area contributed by atoms with Crippen molar-refractivity contribution in [2.45, 2.75) is 45.7 Å². The number of ketones is 1. The minimum atomic E-state index is -0.805. The fourth-order valence-electron chi connectivity index (χ4n) is 4.77. The maximum Gasteiger partial charge on any atom is 0.303 e. The summed E-state index contributed by atoms with van der Waals surface area (Å²) in [7, 11) is 0. The summed E-state index contributed by atoms with van der Waals surface area (Å²) in [5.74, 6) is -0.630. The molecule has 0 saturated heterocycles. The molecule has 5 nitrogen and oxygen atoms in total. The van der Waals surface area contributed by atoms with Crippen molar-refractivity contribution in [3.05, 3.63) is 95.1 Å². The average Bonchev–Trinajstić information content (AvgIpc) is 3.73. The van der Waals surface area contributed by atoms with E-state index in [4.69, 9.17) is 11.5 Å². The van der Waals surface area contributed by atoms with Gasteiger partial charge in [-0.15, -0.1) is 34.0 Å². The summed E-state index contributed by atoms with van der Waals surface area (Å²) in [6, 6.07) is 25.1. The molecule has 3 aromatic heterocycles. The molecule has 3 heterocycles. The topological polar surface area (TPSA) is 106 Å². The van der Waals surface area contributed by atoms with E-state index in [0.717, 1.165) is 52.2 Å². The maximum absolute atomic E-state index is 11.9. The molecule has 0 aliphatic heterocycles. The molecule has 0 amide bonds. The average molecular weight is 601 g/mol. The smallest absolute Gasteiger partial charge is 0.303 e. The molecule has 0 saturated carbocycles. The zero-order valence-corrected chi connectivity index (χ0v) is 25.3. The van der Waals surface area contributed by atoms with Gasteiger partial charge in [-0.2, -0.15) is 0 Å². The molecule has 0 spiro atoms. The first-order valence-electron chi connectivity index (χ1n) is 13.5. The van der Waals surface area contributed by atoms with Gasteiger partial charge >= 0.3 is 5.97 Å². The first-order chi connectivity index (χ1) is 19.8. The van der Waals surface area contributed by atoms with Crippen LogP contribution in [-0.2, 0) is 35.5 Å². The lowest BCUT2D eigenvalue weighted by Crippen LogP contribution is -1.97. The minimum absolute atomic E-state index is 0.0790. The van der Waals surface area contributed by atoms with Crippen molar-refractivity contribution in [3.8, 4) is 40.4 Å². The van der Waals surface area contributed by atoms with Crippen LogP contribution in [0, 0.1) is 0 Å². The Balaban J connectivity index is 1.54. The second-order valence-corrected chi connectivity index (χ2v) is 13.2. The molecule has 0 aliphatic carbocycles. The lowest BCUT2D eigenvalue weighted by molar-refractivity contribution is -0.137. The molecule has 0 unspecified atom stereocenters. The number of aryl methyl sites for hydroxylation is 2. The van der Waals surface area contributed by atoms with Crippen LogP contribution < -0.4 is 11.5 Å². The Hall–Kier alpha value is -3.40. The van der Waals surface area contributed by atoms with Crippen LogP contribution in [0.25, 0.3) is 40.4 Å². The lowest BCUT2D eigenvalue weighted by Gasteiger charge is -2.01. The number of benzene rings is 2. The fraction of sp³-hybridized carbons (Fsp3) is 0.212. The van der Waals surface area contributed by atoms with Gasteiger partial charge < -0.3 is 21.4 Å². The number of Topliss-reactive ketones (excluding diaryl/α,β-unsaturated/α-hetero) is 1. The van der Waals surface area contributed by atoms with Gasteiger partial charge in [0.15, 0.2) is 0 Å². The molecule has 0 radical (unpaired) electrons. The van der Waals surface area contributed by atoms with Crippen LogP contribution in [0.1, 0.15) is 42.0 Å². The number of carboxylic acids is 1. The van der Waals surface area contributed by atoms with Crippen LogP contribution >= 0.6 is 34.0 Å². The molecular formula is C33H32N2O3S3. The third-order valence-electron chi connectivity index (χ3n) is 6.92. The molecule has 0 bridgehead atoms. The van der Waals surface area contributed by atoms with Crippen LogP contribution in [0.2, 0.25) is 0 Å². The number of nitrogens with two attached hydrogens (primary N) is 2. The van der Waals surface area contributed by atoms with Crippen LogP contribution in [0.15, 0.2) is 72.8 Å². The number of thiophene rings is 3. The van der Waals surface area contributed by atoms with Gasteiger partial charge in [-0.3, -0.25) is 4.79 Å². The fourth-order valence-corrected chi connectivity index (χ4v) is 8.48. The number of rotatable bonds is 12. The third kappa shape index (κ3) is 6.92. The Bertz CT molecular complexity index is 1570. The number of hydrogen-bond donors (Lipinski definition) is 3. The van der Waals surface area contributed by atoms with Crippen LogP contribution in [0.3, 0.4) is 0 Å². The molecule has 5 rings (SSSR count). The van der Waals surface area contributed by atoms with Gasteiger partial charge in [-0.1, -0.05) is 36.4 Å². The zero-order valence-electron chi connectivity index (χ0n) is 22.8. The van der Waals surface area contributed by atoms with Gasteiger partial charge in [-0.05, 0) is 89.5 Å². The van der Waals surface area contributed by atoms with Crippen LogP contribution in [0.5, 0.6) is 0 Å². The summed E-state index contributed by atoms with van der Waals surface area (Å²) in [5.41, 5.74) is 18.4. The van der Waals surface area contributed by atoms with Gasteiger partial charge in [0.2, 0.25) is 0 Å². The second-order valence-electron chi connectivity index (χ2n) is 10.00. The monoisotopic (exact) mass is 600 g/mol. The minimum Gasteiger partial charge on any atom is -0.481 e. The Kier molecular flexibility index (Phi) is 9.27. The zero-order chi connectivity index (χ0) is 28.9. The van der Waals surface area contributed by atoms with Crippen molar-refractivity contribution >= 4 is 45.8 Å². The molecule has 0 fully saturated rings. The van der Waals surface area contributed by atoms with Gasteiger partial charge in [0, 0.05) is 55.2 Å². The van der Waals surface area contributed by atoms with Gasteiger partial charge in [0.25, 0.3) is 0 Å². The molecule has 0 atom stereocenters. The van der Waals surface area contributed by atoms with Crippen molar-refractivity contribution in [2.24, 2.45) is 11.5 Å². The molecule has 5 aromatic rings. The first-order valence-corrected chi connectivity index (χ1v) is 16.0. The van der Waals surface area contributed by atoms with E-state index in [2.05, 4.69) is 48.5 Å². The highest BCUT2D eigenvalue weighted by Crippen LogP contribution is 2.47. The van der Waals surface area contributed by atoms with E-state index < -0.39 is 5.97 Å². The van der Waals surface area contributed by atoms with Crippen molar-refractivity contribution < 1.29 is 14.7 Å². The van der Waals surface area contributed by atoms with E-state index in [1.54, 1.807) is 40.9 Å². The Morgan fingerprint density at radius 1 is 0.659 bits per heavy atom. The number of carboxylic acid groups (broad SMARTS) is 1. The van der Waals surface area contributed by atoms with Crippen molar-refractivity contribution in [2.75, 3.05) is 0 Å². The van der Waals surface area contributed by atoms with Gasteiger partial charge in [0.05, 0.1) is 0 Å². The third-order valence-corrected chi connectivity index (χ3v) is 10.8. The number of hydrogen-bond acceptors (Lipinski definition) is 7.